The SMILES string of the molecule is CCC(C)NC(=O)c1ncccc1C(N)=O. The third-order valence-corrected chi connectivity index (χ3v) is 2.28. The normalized spacial score (nSPS) is 11.9. The first kappa shape index (κ1) is 12.2. The molecule has 0 radical (unpaired) electrons. The van der Waals surface area contributed by atoms with Gasteiger partial charge in [-0.05, 0) is 25.5 Å². The second-order valence-corrected chi connectivity index (χ2v) is 3.55. The zero-order chi connectivity index (χ0) is 12.1. The molecule has 1 aromatic rings. The van der Waals surface area contributed by atoms with E-state index in [1.54, 1.807) is 6.07 Å². The molecule has 2 amide bonds. The number of aromatic nitrogens is 1. The van der Waals surface area contributed by atoms with E-state index in [2.05, 4.69) is 10.3 Å². The number of nitrogens with zero attached hydrogens (tertiary/aromatic N) is 1. The van der Waals surface area contributed by atoms with Crippen molar-refractivity contribution in [1.29, 1.82) is 0 Å². The number of hydrogen-bond acceptors (Lipinski definition) is 3. The summed E-state index contributed by atoms with van der Waals surface area (Å²) in [4.78, 5) is 26.7. The van der Waals surface area contributed by atoms with Crippen LogP contribution in [0.5, 0.6) is 0 Å². The summed E-state index contributed by atoms with van der Waals surface area (Å²) in [5, 5.41) is 2.73. The van der Waals surface area contributed by atoms with Gasteiger partial charge in [0.25, 0.3) is 11.8 Å². The lowest BCUT2D eigenvalue weighted by Gasteiger charge is -2.11. The highest BCUT2D eigenvalue weighted by molar-refractivity contribution is 6.05. The van der Waals surface area contributed by atoms with E-state index in [0.29, 0.717) is 0 Å². The van der Waals surface area contributed by atoms with Crippen molar-refractivity contribution in [3.8, 4) is 0 Å². The van der Waals surface area contributed by atoms with Crippen molar-refractivity contribution >= 4 is 11.8 Å². The molecule has 5 heteroatoms. The highest BCUT2D eigenvalue weighted by Gasteiger charge is 2.17. The zero-order valence-electron chi connectivity index (χ0n) is 9.36. The molecule has 0 fully saturated rings. The summed E-state index contributed by atoms with van der Waals surface area (Å²) < 4.78 is 0. The van der Waals surface area contributed by atoms with Gasteiger partial charge in [0.05, 0.1) is 5.56 Å². The van der Waals surface area contributed by atoms with Crippen LogP contribution in [0.3, 0.4) is 0 Å². The van der Waals surface area contributed by atoms with E-state index in [4.69, 9.17) is 5.73 Å². The molecule has 1 atom stereocenters. The quantitative estimate of drug-likeness (QED) is 0.785. The maximum absolute atomic E-state index is 11.8. The minimum atomic E-state index is -0.651. The molecule has 16 heavy (non-hydrogen) atoms. The van der Waals surface area contributed by atoms with E-state index in [1.165, 1.54) is 12.3 Å². The minimum Gasteiger partial charge on any atom is -0.366 e. The van der Waals surface area contributed by atoms with Crippen molar-refractivity contribution in [2.75, 3.05) is 0 Å². The van der Waals surface area contributed by atoms with Crippen LogP contribution in [0.15, 0.2) is 18.3 Å². The average molecular weight is 221 g/mol. The molecule has 1 rings (SSSR count). The Morgan fingerprint density at radius 2 is 2.25 bits per heavy atom. The van der Waals surface area contributed by atoms with Crippen LogP contribution >= 0.6 is 0 Å². The molecule has 0 spiro atoms. The number of nitrogens with two attached hydrogens (primary N) is 1. The monoisotopic (exact) mass is 221 g/mol. The summed E-state index contributed by atoms with van der Waals surface area (Å²) in [5.74, 6) is -1.02. The number of primary amides is 1. The Balaban J connectivity index is 2.95. The first-order valence-electron chi connectivity index (χ1n) is 5.12. The molecule has 3 N–H and O–H groups in total. The van der Waals surface area contributed by atoms with Crippen molar-refractivity contribution in [3.63, 3.8) is 0 Å². The Morgan fingerprint density at radius 3 is 2.81 bits per heavy atom. The second kappa shape index (κ2) is 5.25. The zero-order valence-corrected chi connectivity index (χ0v) is 9.36. The van der Waals surface area contributed by atoms with E-state index in [1.807, 2.05) is 13.8 Å². The van der Waals surface area contributed by atoms with Crippen molar-refractivity contribution in [1.82, 2.24) is 10.3 Å². The third-order valence-electron chi connectivity index (χ3n) is 2.28. The lowest BCUT2D eigenvalue weighted by atomic mass is 10.1. The molecule has 0 aliphatic rings. The van der Waals surface area contributed by atoms with E-state index in [-0.39, 0.29) is 23.2 Å². The third kappa shape index (κ3) is 2.79. The fraction of sp³-hybridized carbons (Fsp3) is 0.364. The fourth-order valence-corrected chi connectivity index (χ4v) is 1.18. The topological polar surface area (TPSA) is 85.1 Å². The van der Waals surface area contributed by atoms with Gasteiger partial charge in [-0.2, -0.15) is 0 Å². The van der Waals surface area contributed by atoms with Crippen LogP contribution in [-0.4, -0.2) is 22.8 Å². The minimum absolute atomic E-state index is 0.0373. The lowest BCUT2D eigenvalue weighted by Crippen LogP contribution is -2.34. The standard InChI is InChI=1S/C11H15N3O2/c1-3-7(2)14-11(16)9-8(10(12)15)5-4-6-13-9/h4-7H,3H2,1-2H3,(H2,12,15)(H,14,16). The average Bonchev–Trinajstić information content (AvgIpc) is 2.28. The van der Waals surface area contributed by atoms with Gasteiger partial charge in [-0.15, -0.1) is 0 Å². The first-order valence-corrected chi connectivity index (χ1v) is 5.12. The van der Waals surface area contributed by atoms with Gasteiger partial charge in [0, 0.05) is 12.2 Å². The number of hydrogen-bond donors (Lipinski definition) is 2. The molecule has 0 aliphatic heterocycles. The number of rotatable bonds is 4. The van der Waals surface area contributed by atoms with Crippen molar-refractivity contribution in [2.24, 2.45) is 5.73 Å². The van der Waals surface area contributed by atoms with Crippen LogP contribution in [0.2, 0.25) is 0 Å². The van der Waals surface area contributed by atoms with Gasteiger partial charge < -0.3 is 11.1 Å². The van der Waals surface area contributed by atoms with Gasteiger partial charge in [0.2, 0.25) is 0 Å². The number of carbonyl (C=O) groups excluding carboxylic acids is 2. The van der Waals surface area contributed by atoms with Crippen LogP contribution in [0.25, 0.3) is 0 Å². The maximum atomic E-state index is 11.8. The summed E-state index contributed by atoms with van der Waals surface area (Å²) in [6.07, 6.45) is 2.27. The van der Waals surface area contributed by atoms with E-state index in [0.717, 1.165) is 6.42 Å². The molecule has 0 aromatic carbocycles. The van der Waals surface area contributed by atoms with Crippen LogP contribution < -0.4 is 11.1 Å². The summed E-state index contributed by atoms with van der Waals surface area (Å²) in [5.41, 5.74) is 5.38. The Hall–Kier alpha value is -1.91. The fourth-order valence-electron chi connectivity index (χ4n) is 1.18. The predicted molar refractivity (Wildman–Crippen MR) is 60.0 cm³/mol. The van der Waals surface area contributed by atoms with Gasteiger partial charge in [0.15, 0.2) is 0 Å². The lowest BCUT2D eigenvalue weighted by molar-refractivity contribution is 0.0919. The molecular formula is C11H15N3O2. The molecule has 0 aliphatic carbocycles. The van der Waals surface area contributed by atoms with E-state index >= 15 is 0 Å². The number of pyridine rings is 1. The Labute approximate surface area is 94.1 Å². The molecule has 86 valence electrons. The van der Waals surface area contributed by atoms with Crippen LogP contribution in [0.4, 0.5) is 0 Å². The van der Waals surface area contributed by atoms with Gasteiger partial charge in [-0.1, -0.05) is 6.92 Å². The Bertz CT molecular complexity index is 404. The van der Waals surface area contributed by atoms with Crippen LogP contribution in [0, 0.1) is 0 Å². The highest BCUT2D eigenvalue weighted by atomic mass is 16.2. The molecule has 1 unspecified atom stereocenters. The molecule has 1 aromatic heterocycles. The Morgan fingerprint density at radius 1 is 1.56 bits per heavy atom. The van der Waals surface area contributed by atoms with Gasteiger partial charge in [-0.25, -0.2) is 0 Å². The molecule has 1 heterocycles. The predicted octanol–water partition coefficient (Wildman–Crippen LogP) is 0.709. The summed E-state index contributed by atoms with van der Waals surface area (Å²) in [7, 11) is 0. The second-order valence-electron chi connectivity index (χ2n) is 3.55. The number of carbonyl (C=O) groups is 2. The first-order chi connectivity index (χ1) is 7.56. The van der Waals surface area contributed by atoms with Gasteiger partial charge >= 0.3 is 0 Å². The molecule has 0 saturated carbocycles. The van der Waals surface area contributed by atoms with E-state index < -0.39 is 5.91 Å². The van der Waals surface area contributed by atoms with Crippen LogP contribution in [0.1, 0.15) is 41.1 Å². The Kier molecular flexibility index (Phi) is 3.99. The summed E-state index contributed by atoms with van der Waals surface area (Å²) in [6.45, 7) is 3.84. The van der Waals surface area contributed by atoms with Crippen molar-refractivity contribution in [2.45, 2.75) is 26.3 Å². The smallest absolute Gasteiger partial charge is 0.270 e. The molecule has 0 bridgehead atoms. The largest absolute Gasteiger partial charge is 0.366 e. The maximum Gasteiger partial charge on any atom is 0.270 e. The van der Waals surface area contributed by atoms with Crippen LogP contribution in [-0.2, 0) is 0 Å². The number of amides is 2. The molecule has 5 nitrogen and oxygen atoms in total. The van der Waals surface area contributed by atoms with E-state index in [9.17, 15) is 9.59 Å². The summed E-state index contributed by atoms with van der Waals surface area (Å²) in [6, 6.07) is 3.09. The van der Waals surface area contributed by atoms with Crippen molar-refractivity contribution < 1.29 is 9.59 Å². The number of nitrogens with one attached hydrogen (secondary N) is 1. The van der Waals surface area contributed by atoms with Gasteiger partial charge in [0.1, 0.15) is 5.69 Å². The van der Waals surface area contributed by atoms with Gasteiger partial charge in [-0.3, -0.25) is 14.6 Å². The summed E-state index contributed by atoms with van der Waals surface area (Å²) >= 11 is 0. The molecular weight excluding hydrogens is 206 g/mol. The van der Waals surface area contributed by atoms with Crippen molar-refractivity contribution in [3.05, 3.63) is 29.6 Å². The molecule has 0 saturated heterocycles. The highest BCUT2D eigenvalue weighted by Crippen LogP contribution is 2.05.